The second-order valence-corrected chi connectivity index (χ2v) is 6.59. The molecule has 0 radical (unpaired) electrons. The maximum atomic E-state index is 4.42. The molecule has 1 unspecified atom stereocenters. The highest BCUT2D eigenvalue weighted by atomic mass is 32.2. The predicted molar refractivity (Wildman–Crippen MR) is 72.4 cm³/mol. The highest BCUT2D eigenvalue weighted by molar-refractivity contribution is 7.98. The number of rotatable bonds is 5. The maximum absolute atomic E-state index is 4.42. The molecule has 0 fully saturated rings. The number of aromatic nitrogens is 1. The molecule has 1 rings (SSSR count). The zero-order valence-corrected chi connectivity index (χ0v) is 11.5. The van der Waals surface area contributed by atoms with Crippen molar-refractivity contribution in [1.29, 1.82) is 0 Å². The zero-order valence-electron chi connectivity index (χ0n) is 10.7. The lowest BCUT2D eigenvalue weighted by molar-refractivity contribution is 0.581. The molecule has 0 aliphatic heterocycles. The molecule has 0 saturated carbocycles. The van der Waals surface area contributed by atoms with E-state index in [0.717, 1.165) is 12.1 Å². The van der Waals surface area contributed by atoms with E-state index in [-0.39, 0.29) is 4.75 Å². The Hall–Kier alpha value is -0.540. The molecule has 3 heteroatoms. The normalized spacial score (nSPS) is 13.8. The fourth-order valence-electron chi connectivity index (χ4n) is 1.39. The minimum absolute atomic E-state index is 0.237. The molecule has 2 nitrogen and oxygen atoms in total. The number of pyridine rings is 1. The number of nitrogens with one attached hydrogen (secondary N) is 1. The summed E-state index contributed by atoms with van der Waals surface area (Å²) in [5.41, 5.74) is 1.14. The summed E-state index contributed by atoms with van der Waals surface area (Å²) in [6, 6.07) is 6.46. The first kappa shape index (κ1) is 13.5. The fraction of sp³-hybridized carbons (Fsp3) is 0.615. The van der Waals surface area contributed by atoms with Crippen LogP contribution in [0.15, 0.2) is 24.4 Å². The Kier molecular flexibility index (Phi) is 5.29. The van der Waals surface area contributed by atoms with E-state index in [1.807, 2.05) is 12.3 Å². The average molecular weight is 238 g/mol. The maximum Gasteiger partial charge on any atom is 0.0593 e. The Morgan fingerprint density at radius 2 is 2.12 bits per heavy atom. The van der Waals surface area contributed by atoms with E-state index < -0.39 is 0 Å². The van der Waals surface area contributed by atoms with Crippen LogP contribution in [-0.4, -0.2) is 9.73 Å². The van der Waals surface area contributed by atoms with E-state index in [4.69, 9.17) is 0 Å². The Morgan fingerprint density at radius 1 is 1.38 bits per heavy atom. The van der Waals surface area contributed by atoms with Crippen LogP contribution >= 0.6 is 11.9 Å². The van der Waals surface area contributed by atoms with Crippen LogP contribution < -0.4 is 4.72 Å². The standard InChI is InChI=1S/C13H22N2S/c1-5-8-12(15-16-13(2,3)4)11-9-6-7-10-14-11/h6-7,9-10,12,15H,5,8H2,1-4H3. The van der Waals surface area contributed by atoms with Crippen LogP contribution in [0.4, 0.5) is 0 Å². The van der Waals surface area contributed by atoms with Crippen LogP contribution in [0.5, 0.6) is 0 Å². The van der Waals surface area contributed by atoms with Gasteiger partial charge in [0.15, 0.2) is 0 Å². The van der Waals surface area contributed by atoms with Gasteiger partial charge in [-0.25, -0.2) is 0 Å². The molecule has 1 aromatic heterocycles. The molecule has 1 atom stereocenters. The minimum Gasteiger partial charge on any atom is -0.260 e. The Balaban J connectivity index is 2.61. The third-order valence-electron chi connectivity index (χ3n) is 2.13. The van der Waals surface area contributed by atoms with Gasteiger partial charge in [0.2, 0.25) is 0 Å². The van der Waals surface area contributed by atoms with Gasteiger partial charge in [-0.1, -0.05) is 31.4 Å². The van der Waals surface area contributed by atoms with E-state index in [9.17, 15) is 0 Å². The first-order chi connectivity index (χ1) is 7.53. The van der Waals surface area contributed by atoms with Crippen LogP contribution in [0.3, 0.4) is 0 Å². The van der Waals surface area contributed by atoms with Gasteiger partial charge in [-0.3, -0.25) is 9.71 Å². The molecule has 0 aromatic carbocycles. The summed E-state index contributed by atoms with van der Waals surface area (Å²) >= 11 is 1.79. The average Bonchev–Trinajstić information content (AvgIpc) is 2.24. The number of nitrogens with zero attached hydrogens (tertiary/aromatic N) is 1. The van der Waals surface area contributed by atoms with Crippen LogP contribution in [0.2, 0.25) is 0 Å². The van der Waals surface area contributed by atoms with Gasteiger partial charge < -0.3 is 0 Å². The van der Waals surface area contributed by atoms with E-state index in [1.165, 1.54) is 6.42 Å². The summed E-state index contributed by atoms with van der Waals surface area (Å²) in [4.78, 5) is 4.42. The van der Waals surface area contributed by atoms with Gasteiger partial charge >= 0.3 is 0 Å². The Bertz CT molecular complexity index is 293. The lowest BCUT2D eigenvalue weighted by Crippen LogP contribution is -2.22. The molecule has 0 aliphatic rings. The van der Waals surface area contributed by atoms with Gasteiger partial charge in [0.05, 0.1) is 11.7 Å². The Morgan fingerprint density at radius 3 is 2.62 bits per heavy atom. The van der Waals surface area contributed by atoms with Crippen molar-refractivity contribution in [2.24, 2.45) is 0 Å². The van der Waals surface area contributed by atoms with Gasteiger partial charge in [-0.15, -0.1) is 0 Å². The quantitative estimate of drug-likeness (QED) is 0.786. The summed E-state index contributed by atoms with van der Waals surface area (Å²) in [7, 11) is 0. The van der Waals surface area contributed by atoms with Gasteiger partial charge in [-0.2, -0.15) is 0 Å². The van der Waals surface area contributed by atoms with Crippen molar-refractivity contribution in [2.45, 2.75) is 51.3 Å². The molecule has 90 valence electrons. The Labute approximate surface area is 103 Å². The molecule has 1 N–H and O–H groups in total. The monoisotopic (exact) mass is 238 g/mol. The van der Waals surface area contributed by atoms with E-state index in [2.05, 4.69) is 49.5 Å². The predicted octanol–water partition coefficient (Wildman–Crippen LogP) is 3.96. The van der Waals surface area contributed by atoms with Crippen LogP contribution in [0.1, 0.15) is 52.3 Å². The number of hydrogen-bond acceptors (Lipinski definition) is 3. The van der Waals surface area contributed by atoms with Gasteiger partial charge in [0.1, 0.15) is 0 Å². The summed E-state index contributed by atoms with van der Waals surface area (Å²) in [6.45, 7) is 8.85. The van der Waals surface area contributed by atoms with Gasteiger partial charge in [0, 0.05) is 10.9 Å². The molecule has 0 amide bonds. The van der Waals surface area contributed by atoms with Gasteiger partial charge in [-0.05, 0) is 39.3 Å². The third kappa shape index (κ3) is 4.99. The van der Waals surface area contributed by atoms with Crippen molar-refractivity contribution >= 4 is 11.9 Å². The second kappa shape index (κ2) is 6.26. The third-order valence-corrected chi connectivity index (χ3v) is 3.14. The number of hydrogen-bond donors (Lipinski definition) is 1. The van der Waals surface area contributed by atoms with Gasteiger partial charge in [0.25, 0.3) is 0 Å². The molecule has 0 spiro atoms. The van der Waals surface area contributed by atoms with Crippen LogP contribution in [-0.2, 0) is 0 Å². The molecule has 16 heavy (non-hydrogen) atoms. The first-order valence-corrected chi connectivity index (χ1v) is 6.69. The smallest absolute Gasteiger partial charge is 0.0593 e. The van der Waals surface area contributed by atoms with Crippen molar-refractivity contribution < 1.29 is 0 Å². The topological polar surface area (TPSA) is 24.9 Å². The molecule has 0 saturated heterocycles. The summed E-state index contributed by atoms with van der Waals surface area (Å²) in [6.07, 6.45) is 4.15. The molecule has 0 aliphatic carbocycles. The highest BCUT2D eigenvalue weighted by Gasteiger charge is 2.16. The van der Waals surface area contributed by atoms with Crippen molar-refractivity contribution in [3.63, 3.8) is 0 Å². The fourth-order valence-corrected chi connectivity index (χ4v) is 2.12. The summed E-state index contributed by atoms with van der Waals surface area (Å²) in [5.74, 6) is 0. The lowest BCUT2D eigenvalue weighted by atomic mass is 10.1. The second-order valence-electron chi connectivity index (χ2n) is 4.93. The molecule has 0 bridgehead atoms. The minimum atomic E-state index is 0.237. The van der Waals surface area contributed by atoms with Crippen LogP contribution in [0.25, 0.3) is 0 Å². The zero-order chi connectivity index (χ0) is 12.0. The van der Waals surface area contributed by atoms with E-state index >= 15 is 0 Å². The summed E-state index contributed by atoms with van der Waals surface area (Å²) in [5, 5.41) is 0. The molecule has 1 aromatic rings. The summed E-state index contributed by atoms with van der Waals surface area (Å²) < 4.78 is 3.77. The van der Waals surface area contributed by atoms with E-state index in [0.29, 0.717) is 6.04 Å². The first-order valence-electron chi connectivity index (χ1n) is 5.87. The van der Waals surface area contributed by atoms with Crippen molar-refractivity contribution in [1.82, 2.24) is 9.71 Å². The van der Waals surface area contributed by atoms with Crippen molar-refractivity contribution in [3.05, 3.63) is 30.1 Å². The van der Waals surface area contributed by atoms with Crippen molar-refractivity contribution in [2.75, 3.05) is 0 Å². The molecular formula is C13H22N2S. The SMILES string of the molecule is CCCC(NSC(C)(C)C)c1ccccn1. The lowest BCUT2D eigenvalue weighted by Gasteiger charge is -2.23. The molecular weight excluding hydrogens is 216 g/mol. The van der Waals surface area contributed by atoms with Crippen LogP contribution in [0, 0.1) is 0 Å². The molecule has 1 heterocycles. The van der Waals surface area contributed by atoms with E-state index in [1.54, 1.807) is 11.9 Å². The largest absolute Gasteiger partial charge is 0.260 e. The van der Waals surface area contributed by atoms with Crippen molar-refractivity contribution in [3.8, 4) is 0 Å². The highest BCUT2D eigenvalue weighted by Crippen LogP contribution is 2.26.